The largest absolute Gasteiger partial charge is 0.467 e. The Morgan fingerprint density at radius 3 is 2.14 bits per heavy atom. The topological polar surface area (TPSA) is 91.5 Å². The van der Waals surface area contributed by atoms with Crippen molar-refractivity contribution in [3.63, 3.8) is 0 Å². The number of benzene rings is 4. The van der Waals surface area contributed by atoms with Crippen LogP contribution in [0.15, 0.2) is 103 Å². The van der Waals surface area contributed by atoms with Crippen LogP contribution in [0, 0.1) is 13.8 Å². The van der Waals surface area contributed by atoms with Gasteiger partial charge in [-0.05, 0) is 54.3 Å². The molecular formula is C37H37N3O4. The molecule has 0 saturated heterocycles. The highest BCUT2D eigenvalue weighted by molar-refractivity contribution is 5.98. The van der Waals surface area contributed by atoms with Crippen molar-refractivity contribution in [2.24, 2.45) is 0 Å². The van der Waals surface area contributed by atoms with E-state index in [2.05, 4.69) is 10.3 Å². The number of ether oxygens (including phenoxy) is 1. The molecule has 7 heteroatoms. The molecule has 0 aliphatic heterocycles. The third-order valence-electron chi connectivity index (χ3n) is 7.95. The first-order valence-electron chi connectivity index (χ1n) is 14.7. The maximum Gasteiger partial charge on any atom is 0.328 e. The van der Waals surface area contributed by atoms with Gasteiger partial charge in [0.15, 0.2) is 0 Å². The number of hydrogen-bond acceptors (Lipinski definition) is 4. The molecule has 2 atom stereocenters. The van der Waals surface area contributed by atoms with E-state index in [4.69, 9.17) is 4.74 Å². The number of amides is 2. The molecule has 1 aromatic heterocycles. The van der Waals surface area contributed by atoms with Crippen LogP contribution in [0.4, 0.5) is 0 Å². The van der Waals surface area contributed by atoms with E-state index in [0.29, 0.717) is 5.56 Å². The van der Waals surface area contributed by atoms with Crippen molar-refractivity contribution in [1.29, 1.82) is 0 Å². The molecule has 2 amide bonds. The number of carbonyl (C=O) groups is 3. The molecule has 2 N–H and O–H groups in total. The van der Waals surface area contributed by atoms with Gasteiger partial charge in [0.2, 0.25) is 5.91 Å². The Morgan fingerprint density at radius 1 is 0.818 bits per heavy atom. The normalized spacial score (nSPS) is 12.4. The van der Waals surface area contributed by atoms with Crippen LogP contribution in [0.1, 0.15) is 32.6 Å². The molecule has 2 unspecified atom stereocenters. The second kappa shape index (κ2) is 13.4. The highest BCUT2D eigenvalue weighted by Gasteiger charge is 2.32. The molecule has 224 valence electrons. The Kier molecular flexibility index (Phi) is 9.24. The summed E-state index contributed by atoms with van der Waals surface area (Å²) in [6.07, 6.45) is 2.33. The molecule has 0 fully saturated rings. The Balaban J connectivity index is 1.43. The number of likely N-dealkylation sites (N-methyl/N-ethyl adjacent to an activating group) is 1. The first-order chi connectivity index (χ1) is 21.2. The predicted molar refractivity (Wildman–Crippen MR) is 173 cm³/mol. The summed E-state index contributed by atoms with van der Waals surface area (Å²) in [7, 11) is 2.94. The van der Waals surface area contributed by atoms with Gasteiger partial charge in [0.25, 0.3) is 5.91 Å². The number of aromatic nitrogens is 1. The molecule has 0 aliphatic rings. The lowest BCUT2D eigenvalue weighted by Crippen LogP contribution is -2.53. The zero-order valence-electron chi connectivity index (χ0n) is 25.5. The molecule has 5 rings (SSSR count). The Morgan fingerprint density at radius 2 is 1.45 bits per heavy atom. The SMILES string of the molecule is COC(=O)C(Cc1c[nH]c2ccccc12)NC(=O)C(Cc1ccc(-c2ccccc2)cc1)N(C)C(=O)c1cc(C)cc(C)c1. The highest BCUT2D eigenvalue weighted by Crippen LogP contribution is 2.22. The van der Waals surface area contributed by atoms with Crippen LogP contribution in [0.3, 0.4) is 0 Å². The molecule has 4 aromatic carbocycles. The summed E-state index contributed by atoms with van der Waals surface area (Å²) in [5.41, 5.74) is 7.28. The second-order valence-electron chi connectivity index (χ2n) is 11.2. The minimum Gasteiger partial charge on any atom is -0.467 e. The number of aromatic amines is 1. The number of hydrogen-bond donors (Lipinski definition) is 2. The van der Waals surface area contributed by atoms with Crippen LogP contribution < -0.4 is 5.32 Å². The van der Waals surface area contributed by atoms with Gasteiger partial charge in [-0.25, -0.2) is 4.79 Å². The lowest BCUT2D eigenvalue weighted by Gasteiger charge is -2.29. The Bertz CT molecular complexity index is 1760. The number of methoxy groups -OCH3 is 1. The lowest BCUT2D eigenvalue weighted by atomic mass is 9.98. The van der Waals surface area contributed by atoms with Crippen molar-refractivity contribution in [2.75, 3.05) is 14.2 Å². The van der Waals surface area contributed by atoms with E-state index in [9.17, 15) is 14.4 Å². The number of esters is 1. The van der Waals surface area contributed by atoms with Crippen molar-refractivity contribution in [3.8, 4) is 11.1 Å². The zero-order valence-corrected chi connectivity index (χ0v) is 25.5. The van der Waals surface area contributed by atoms with Gasteiger partial charge in [0, 0.05) is 42.6 Å². The number of H-pyrrole nitrogens is 1. The maximum atomic E-state index is 14.0. The summed E-state index contributed by atoms with van der Waals surface area (Å²) < 4.78 is 5.09. The number of nitrogens with one attached hydrogen (secondary N) is 2. The van der Waals surface area contributed by atoms with Crippen molar-refractivity contribution < 1.29 is 19.1 Å². The lowest BCUT2D eigenvalue weighted by molar-refractivity contribution is -0.145. The van der Waals surface area contributed by atoms with Crippen LogP contribution in [0.2, 0.25) is 0 Å². The average molecular weight is 588 g/mol. The highest BCUT2D eigenvalue weighted by atomic mass is 16.5. The van der Waals surface area contributed by atoms with Crippen LogP contribution in [-0.2, 0) is 27.2 Å². The number of nitrogens with zero attached hydrogens (tertiary/aromatic N) is 1. The van der Waals surface area contributed by atoms with Gasteiger partial charge in [-0.3, -0.25) is 9.59 Å². The molecular weight excluding hydrogens is 550 g/mol. The molecule has 0 radical (unpaired) electrons. The van der Waals surface area contributed by atoms with E-state index in [0.717, 1.165) is 44.3 Å². The zero-order chi connectivity index (χ0) is 31.2. The summed E-state index contributed by atoms with van der Waals surface area (Å²) in [5.74, 6) is -1.27. The van der Waals surface area contributed by atoms with Crippen LogP contribution in [0.5, 0.6) is 0 Å². The van der Waals surface area contributed by atoms with Gasteiger partial charge >= 0.3 is 5.97 Å². The minimum atomic E-state index is -0.945. The van der Waals surface area contributed by atoms with E-state index in [-0.39, 0.29) is 18.7 Å². The molecule has 0 saturated carbocycles. The van der Waals surface area contributed by atoms with E-state index >= 15 is 0 Å². The fourth-order valence-electron chi connectivity index (χ4n) is 5.66. The quantitative estimate of drug-likeness (QED) is 0.195. The standard InChI is InChI=1S/C37H37N3O4/c1-24-18-25(2)20-29(19-24)36(42)40(3)34(21-26-14-16-28(17-15-26)27-10-6-5-7-11-27)35(41)39-33(37(43)44-4)22-30-23-38-32-13-9-8-12-31(30)32/h5-20,23,33-34,38H,21-22H2,1-4H3,(H,39,41). The summed E-state index contributed by atoms with van der Waals surface area (Å²) in [6, 6.07) is 29.6. The molecule has 44 heavy (non-hydrogen) atoms. The van der Waals surface area contributed by atoms with Gasteiger partial charge in [-0.15, -0.1) is 0 Å². The Hall–Kier alpha value is -5.17. The number of para-hydroxylation sites is 1. The second-order valence-corrected chi connectivity index (χ2v) is 11.2. The summed E-state index contributed by atoms with van der Waals surface area (Å²) in [5, 5.41) is 3.88. The van der Waals surface area contributed by atoms with Crippen molar-refractivity contribution in [3.05, 3.63) is 131 Å². The average Bonchev–Trinajstić information content (AvgIpc) is 3.45. The van der Waals surface area contributed by atoms with E-state index < -0.39 is 24.0 Å². The Labute approximate surface area is 257 Å². The van der Waals surface area contributed by atoms with Crippen LogP contribution >= 0.6 is 0 Å². The molecule has 7 nitrogen and oxygen atoms in total. The van der Waals surface area contributed by atoms with Gasteiger partial charge in [0.05, 0.1) is 7.11 Å². The monoisotopic (exact) mass is 587 g/mol. The van der Waals surface area contributed by atoms with Crippen molar-refractivity contribution in [1.82, 2.24) is 15.2 Å². The summed E-state index contributed by atoms with van der Waals surface area (Å²) >= 11 is 0. The smallest absolute Gasteiger partial charge is 0.328 e. The third kappa shape index (κ3) is 6.89. The summed E-state index contributed by atoms with van der Waals surface area (Å²) in [4.78, 5) is 45.4. The van der Waals surface area contributed by atoms with Crippen LogP contribution in [-0.4, -0.2) is 53.9 Å². The molecule has 0 bridgehead atoms. The van der Waals surface area contributed by atoms with Gasteiger partial charge in [-0.1, -0.05) is 90.0 Å². The van der Waals surface area contributed by atoms with E-state index in [1.54, 1.807) is 7.05 Å². The first kappa shape index (κ1) is 30.3. The van der Waals surface area contributed by atoms with Crippen LogP contribution in [0.25, 0.3) is 22.0 Å². The fraction of sp³-hybridized carbons (Fsp3) is 0.216. The number of fused-ring (bicyclic) bond motifs is 1. The van der Waals surface area contributed by atoms with E-state index in [1.807, 2.05) is 117 Å². The molecule has 1 heterocycles. The van der Waals surface area contributed by atoms with Gasteiger partial charge in [-0.2, -0.15) is 0 Å². The van der Waals surface area contributed by atoms with E-state index in [1.165, 1.54) is 12.0 Å². The fourth-order valence-corrected chi connectivity index (χ4v) is 5.66. The van der Waals surface area contributed by atoms with Gasteiger partial charge < -0.3 is 19.9 Å². The minimum absolute atomic E-state index is 0.232. The first-order valence-corrected chi connectivity index (χ1v) is 14.7. The maximum absolute atomic E-state index is 14.0. The predicted octanol–water partition coefficient (Wildman–Crippen LogP) is 6.04. The molecule has 5 aromatic rings. The molecule has 0 spiro atoms. The summed E-state index contributed by atoms with van der Waals surface area (Å²) in [6.45, 7) is 3.88. The number of carbonyl (C=O) groups excluding carboxylic acids is 3. The van der Waals surface area contributed by atoms with Crippen molar-refractivity contribution >= 4 is 28.7 Å². The van der Waals surface area contributed by atoms with Crippen molar-refractivity contribution in [2.45, 2.75) is 38.8 Å². The van der Waals surface area contributed by atoms with Gasteiger partial charge in [0.1, 0.15) is 12.1 Å². The molecule has 0 aliphatic carbocycles. The number of aryl methyl sites for hydroxylation is 2. The number of rotatable bonds is 10. The third-order valence-corrected chi connectivity index (χ3v) is 7.95.